The van der Waals surface area contributed by atoms with Crippen LogP contribution in [0.3, 0.4) is 0 Å². The Balaban J connectivity index is 1.70. The van der Waals surface area contributed by atoms with Gasteiger partial charge in [-0.05, 0) is 36.2 Å². The SMILES string of the molecule is Cc1cnc(CCNC(=O)NCC(C)(O)c2ccsc2)s1. The highest BCUT2D eigenvalue weighted by molar-refractivity contribution is 7.11. The number of aryl methyl sites for hydroxylation is 1. The molecule has 0 saturated carbocycles. The number of urea groups is 1. The van der Waals surface area contributed by atoms with Crippen molar-refractivity contribution >= 4 is 28.7 Å². The highest BCUT2D eigenvalue weighted by Crippen LogP contribution is 2.21. The number of aromatic nitrogens is 1. The zero-order chi connectivity index (χ0) is 15.3. The van der Waals surface area contributed by atoms with Crippen LogP contribution in [0.4, 0.5) is 4.79 Å². The summed E-state index contributed by atoms with van der Waals surface area (Å²) in [6, 6.07) is 1.58. The number of aliphatic hydroxyl groups is 1. The molecule has 2 rings (SSSR count). The molecule has 21 heavy (non-hydrogen) atoms. The van der Waals surface area contributed by atoms with Gasteiger partial charge in [-0.25, -0.2) is 9.78 Å². The van der Waals surface area contributed by atoms with Crippen LogP contribution in [0.25, 0.3) is 0 Å². The van der Waals surface area contributed by atoms with Gasteiger partial charge in [-0.1, -0.05) is 0 Å². The van der Waals surface area contributed by atoms with Gasteiger partial charge in [-0.15, -0.1) is 11.3 Å². The summed E-state index contributed by atoms with van der Waals surface area (Å²) in [5.41, 5.74) is -0.241. The van der Waals surface area contributed by atoms with Gasteiger partial charge in [0, 0.05) is 24.0 Å². The molecule has 1 atom stereocenters. The molecule has 0 aliphatic heterocycles. The van der Waals surface area contributed by atoms with Crippen LogP contribution >= 0.6 is 22.7 Å². The molecule has 114 valence electrons. The van der Waals surface area contributed by atoms with Gasteiger partial charge in [0.25, 0.3) is 0 Å². The van der Waals surface area contributed by atoms with Crippen molar-refractivity contribution < 1.29 is 9.90 Å². The maximum Gasteiger partial charge on any atom is 0.314 e. The number of carbonyl (C=O) groups is 1. The topological polar surface area (TPSA) is 74.2 Å². The number of hydrogen-bond acceptors (Lipinski definition) is 5. The Morgan fingerprint density at radius 3 is 2.90 bits per heavy atom. The van der Waals surface area contributed by atoms with Gasteiger partial charge in [0.1, 0.15) is 5.60 Å². The lowest BCUT2D eigenvalue weighted by atomic mass is 9.99. The number of nitrogens with one attached hydrogen (secondary N) is 2. The van der Waals surface area contributed by atoms with Crippen molar-refractivity contribution in [2.75, 3.05) is 13.1 Å². The molecular weight excluding hydrogens is 306 g/mol. The Morgan fingerprint density at radius 2 is 2.29 bits per heavy atom. The second-order valence-corrected chi connectivity index (χ2v) is 7.11. The summed E-state index contributed by atoms with van der Waals surface area (Å²) in [6.07, 6.45) is 2.55. The number of rotatable bonds is 6. The van der Waals surface area contributed by atoms with E-state index in [9.17, 15) is 9.90 Å². The van der Waals surface area contributed by atoms with Gasteiger partial charge in [-0.3, -0.25) is 0 Å². The quantitative estimate of drug-likeness (QED) is 0.763. The van der Waals surface area contributed by atoms with Crippen LogP contribution in [0, 0.1) is 6.92 Å². The highest BCUT2D eigenvalue weighted by atomic mass is 32.1. The predicted molar refractivity (Wildman–Crippen MR) is 85.8 cm³/mol. The summed E-state index contributed by atoms with van der Waals surface area (Å²) in [5, 5.41) is 20.5. The van der Waals surface area contributed by atoms with Crippen molar-refractivity contribution in [3.63, 3.8) is 0 Å². The molecule has 0 aliphatic carbocycles. The van der Waals surface area contributed by atoms with Crippen LogP contribution in [0.5, 0.6) is 0 Å². The van der Waals surface area contributed by atoms with E-state index in [1.165, 1.54) is 16.2 Å². The third-order valence-corrected chi connectivity index (χ3v) is 4.69. The van der Waals surface area contributed by atoms with E-state index in [4.69, 9.17) is 0 Å². The zero-order valence-electron chi connectivity index (χ0n) is 12.0. The minimum atomic E-state index is -1.05. The summed E-state index contributed by atoms with van der Waals surface area (Å²) in [7, 11) is 0. The van der Waals surface area contributed by atoms with Gasteiger partial charge in [0.05, 0.1) is 11.6 Å². The standard InChI is InChI=1S/C14H19N3O2S2/c1-10-7-16-12(21-10)3-5-15-13(18)17-9-14(2,19)11-4-6-20-8-11/h4,6-8,19H,3,5,9H2,1-2H3,(H2,15,17,18). The average Bonchev–Trinajstić information content (AvgIpc) is 3.08. The Kier molecular flexibility index (Phi) is 5.33. The van der Waals surface area contributed by atoms with Crippen molar-refractivity contribution in [1.29, 1.82) is 0 Å². The fourth-order valence-corrected chi connectivity index (χ4v) is 3.36. The molecule has 2 aromatic rings. The van der Waals surface area contributed by atoms with Gasteiger partial charge in [-0.2, -0.15) is 11.3 Å². The number of thiazole rings is 1. The normalized spacial score (nSPS) is 13.7. The molecule has 2 aromatic heterocycles. The van der Waals surface area contributed by atoms with Crippen LogP contribution in [0.1, 0.15) is 22.4 Å². The number of hydrogen-bond donors (Lipinski definition) is 3. The van der Waals surface area contributed by atoms with E-state index in [2.05, 4.69) is 15.6 Å². The second kappa shape index (κ2) is 7.02. The van der Waals surface area contributed by atoms with Crippen molar-refractivity contribution in [2.45, 2.75) is 25.9 Å². The first-order chi connectivity index (χ1) is 9.97. The first-order valence-corrected chi connectivity index (χ1v) is 8.41. The lowest BCUT2D eigenvalue weighted by molar-refractivity contribution is 0.0598. The summed E-state index contributed by atoms with van der Waals surface area (Å²) in [5.74, 6) is 0. The lowest BCUT2D eigenvalue weighted by Crippen LogP contribution is -2.43. The largest absolute Gasteiger partial charge is 0.384 e. The summed E-state index contributed by atoms with van der Waals surface area (Å²) in [4.78, 5) is 17.1. The number of amides is 2. The van der Waals surface area contributed by atoms with E-state index in [0.29, 0.717) is 13.0 Å². The van der Waals surface area contributed by atoms with E-state index in [1.54, 1.807) is 18.3 Å². The fraction of sp³-hybridized carbons (Fsp3) is 0.429. The molecule has 5 nitrogen and oxygen atoms in total. The Bertz CT molecular complexity index is 579. The highest BCUT2D eigenvalue weighted by Gasteiger charge is 2.24. The van der Waals surface area contributed by atoms with Crippen LogP contribution < -0.4 is 10.6 Å². The Labute approximate surface area is 132 Å². The molecular formula is C14H19N3O2S2. The van der Waals surface area contributed by atoms with Crippen LogP contribution in [-0.4, -0.2) is 29.2 Å². The van der Waals surface area contributed by atoms with Crippen molar-refractivity contribution in [2.24, 2.45) is 0 Å². The maximum absolute atomic E-state index is 11.7. The fourth-order valence-electron chi connectivity index (χ4n) is 1.79. The molecule has 0 spiro atoms. The summed E-state index contributed by atoms with van der Waals surface area (Å²) in [6.45, 7) is 4.40. The van der Waals surface area contributed by atoms with Gasteiger partial charge < -0.3 is 15.7 Å². The average molecular weight is 325 g/mol. The minimum Gasteiger partial charge on any atom is -0.384 e. The summed E-state index contributed by atoms with van der Waals surface area (Å²) >= 11 is 3.15. The lowest BCUT2D eigenvalue weighted by Gasteiger charge is -2.22. The van der Waals surface area contributed by atoms with Crippen molar-refractivity contribution in [3.05, 3.63) is 38.5 Å². The third kappa shape index (κ3) is 4.80. The molecule has 3 N–H and O–H groups in total. The Hall–Kier alpha value is -1.44. The monoisotopic (exact) mass is 325 g/mol. The summed E-state index contributed by atoms with van der Waals surface area (Å²) < 4.78 is 0. The van der Waals surface area contributed by atoms with Crippen LogP contribution in [0.2, 0.25) is 0 Å². The molecule has 2 heterocycles. The zero-order valence-corrected chi connectivity index (χ0v) is 13.7. The van der Waals surface area contributed by atoms with E-state index >= 15 is 0 Å². The van der Waals surface area contributed by atoms with Crippen LogP contribution in [-0.2, 0) is 12.0 Å². The number of thiophene rings is 1. The molecule has 0 aromatic carbocycles. The molecule has 0 fully saturated rings. The molecule has 0 aliphatic rings. The number of nitrogens with zero attached hydrogens (tertiary/aromatic N) is 1. The van der Waals surface area contributed by atoms with Gasteiger partial charge in [0.2, 0.25) is 0 Å². The first kappa shape index (κ1) is 15.9. The van der Waals surface area contributed by atoms with Gasteiger partial charge >= 0.3 is 6.03 Å². The second-order valence-electron chi connectivity index (χ2n) is 5.01. The molecule has 1 unspecified atom stereocenters. The Morgan fingerprint density at radius 1 is 1.48 bits per heavy atom. The van der Waals surface area contributed by atoms with E-state index < -0.39 is 5.60 Å². The third-order valence-electron chi connectivity index (χ3n) is 3.03. The smallest absolute Gasteiger partial charge is 0.314 e. The van der Waals surface area contributed by atoms with Crippen molar-refractivity contribution in [1.82, 2.24) is 15.6 Å². The first-order valence-electron chi connectivity index (χ1n) is 6.65. The van der Waals surface area contributed by atoms with Gasteiger partial charge in [0.15, 0.2) is 0 Å². The molecule has 0 bridgehead atoms. The molecule has 0 radical (unpaired) electrons. The van der Waals surface area contributed by atoms with E-state index in [-0.39, 0.29) is 12.6 Å². The maximum atomic E-state index is 11.7. The number of carbonyl (C=O) groups excluding carboxylic acids is 1. The molecule has 0 saturated heterocycles. The van der Waals surface area contributed by atoms with Crippen LogP contribution in [0.15, 0.2) is 23.0 Å². The molecule has 2 amide bonds. The van der Waals surface area contributed by atoms with Crippen molar-refractivity contribution in [3.8, 4) is 0 Å². The van der Waals surface area contributed by atoms with E-state index in [0.717, 1.165) is 10.6 Å². The predicted octanol–water partition coefficient (Wildman–Crippen LogP) is 2.26. The van der Waals surface area contributed by atoms with E-state index in [1.807, 2.05) is 29.9 Å². The molecule has 7 heteroatoms. The minimum absolute atomic E-state index is 0.173.